The lowest BCUT2D eigenvalue weighted by Crippen LogP contribution is -2.08. The molecule has 0 aliphatic heterocycles. The van der Waals surface area contributed by atoms with Crippen LogP contribution in [0, 0.1) is 0 Å². The van der Waals surface area contributed by atoms with Crippen molar-refractivity contribution in [1.29, 1.82) is 0 Å². The predicted molar refractivity (Wildman–Crippen MR) is 130 cm³/mol. The first kappa shape index (κ1) is 21.8. The number of hydrogen-bond acceptors (Lipinski definition) is 5. The fraction of sp³-hybridized carbons (Fsp3) is 0.207. The van der Waals surface area contributed by atoms with Gasteiger partial charge in [-0.25, -0.2) is 4.98 Å². The van der Waals surface area contributed by atoms with Crippen LogP contribution in [0.4, 0.5) is 0 Å². The van der Waals surface area contributed by atoms with Crippen molar-refractivity contribution in [3.8, 4) is 5.75 Å². The number of fused-ring (bicyclic) bond motifs is 1. The van der Waals surface area contributed by atoms with Crippen LogP contribution >= 0.6 is 0 Å². The van der Waals surface area contributed by atoms with Crippen LogP contribution < -0.4 is 4.74 Å². The summed E-state index contributed by atoms with van der Waals surface area (Å²) in [6.07, 6.45) is 11.1. The molecule has 0 amide bonds. The molecular weight excluding hydrogens is 424 g/mol. The number of pyridine rings is 1. The Kier molecular flexibility index (Phi) is 6.34. The minimum absolute atomic E-state index is 0.107. The highest BCUT2D eigenvalue weighted by atomic mass is 16.5. The first-order chi connectivity index (χ1) is 16.7. The van der Waals surface area contributed by atoms with E-state index in [9.17, 15) is 4.79 Å². The van der Waals surface area contributed by atoms with E-state index < -0.39 is 0 Å². The molecule has 1 aliphatic rings. The molecule has 5 heteroatoms. The Hall–Kier alpha value is -3.99. The van der Waals surface area contributed by atoms with Gasteiger partial charge >= 0.3 is 5.97 Å². The van der Waals surface area contributed by atoms with Crippen LogP contribution in [0.3, 0.4) is 0 Å². The summed E-state index contributed by atoms with van der Waals surface area (Å²) in [7, 11) is 0. The molecule has 2 heterocycles. The Balaban J connectivity index is 1.36. The zero-order valence-corrected chi connectivity index (χ0v) is 19.1. The van der Waals surface area contributed by atoms with E-state index in [0.29, 0.717) is 11.6 Å². The van der Waals surface area contributed by atoms with Crippen LogP contribution in [0.2, 0.25) is 0 Å². The monoisotopic (exact) mass is 450 g/mol. The third-order valence-corrected chi connectivity index (χ3v) is 6.14. The molecule has 34 heavy (non-hydrogen) atoms. The summed E-state index contributed by atoms with van der Waals surface area (Å²) in [5.74, 6) is 0.941. The molecule has 0 N–H and O–H groups in total. The highest BCUT2D eigenvalue weighted by Crippen LogP contribution is 2.36. The lowest BCUT2D eigenvalue weighted by Gasteiger charge is -2.20. The average Bonchev–Trinajstić information content (AvgIpc) is 3.32. The molecule has 1 aliphatic carbocycles. The van der Waals surface area contributed by atoms with Gasteiger partial charge in [0.1, 0.15) is 12.0 Å². The number of carbonyl (C=O) groups excluding carboxylic acids is 1. The molecule has 2 aromatic heterocycles. The third-order valence-electron chi connectivity index (χ3n) is 6.14. The third kappa shape index (κ3) is 4.69. The number of nitrogens with zero attached hydrogens (tertiary/aromatic N) is 2. The van der Waals surface area contributed by atoms with Gasteiger partial charge in [0.05, 0.1) is 11.6 Å². The fourth-order valence-corrected chi connectivity index (χ4v) is 4.61. The lowest BCUT2D eigenvalue weighted by atomic mass is 9.87. The Morgan fingerprint density at radius 1 is 1.03 bits per heavy atom. The van der Waals surface area contributed by atoms with Crippen LogP contribution in [0.25, 0.3) is 5.57 Å². The van der Waals surface area contributed by atoms with E-state index in [4.69, 9.17) is 14.1 Å². The molecule has 5 nitrogen and oxygen atoms in total. The molecule has 170 valence electrons. The van der Waals surface area contributed by atoms with Crippen molar-refractivity contribution in [2.24, 2.45) is 0 Å². The summed E-state index contributed by atoms with van der Waals surface area (Å²) < 4.78 is 11.4. The molecule has 0 fully saturated rings. The van der Waals surface area contributed by atoms with E-state index in [1.54, 1.807) is 12.5 Å². The van der Waals surface area contributed by atoms with Crippen LogP contribution in [0.1, 0.15) is 59.5 Å². The van der Waals surface area contributed by atoms with Crippen LogP contribution in [0.5, 0.6) is 5.75 Å². The van der Waals surface area contributed by atoms with E-state index in [2.05, 4.69) is 35.3 Å². The minimum Gasteiger partial charge on any atom is -0.448 e. The Morgan fingerprint density at radius 3 is 2.68 bits per heavy atom. The Labute approximate surface area is 199 Å². The number of allylic oxidation sites excluding steroid dienone is 2. The first-order valence-corrected chi connectivity index (χ1v) is 11.6. The number of carbonyl (C=O) groups is 1. The highest BCUT2D eigenvalue weighted by molar-refractivity contribution is 5.75. The quantitative estimate of drug-likeness (QED) is 0.250. The van der Waals surface area contributed by atoms with Gasteiger partial charge < -0.3 is 9.15 Å². The number of aryl methyl sites for hydroxylation is 1. The van der Waals surface area contributed by atoms with Gasteiger partial charge in [0.15, 0.2) is 0 Å². The molecular formula is C29H26N2O3. The predicted octanol–water partition coefficient (Wildman–Crippen LogP) is 6.14. The van der Waals surface area contributed by atoms with Crippen molar-refractivity contribution in [3.05, 3.63) is 119 Å². The second-order valence-corrected chi connectivity index (χ2v) is 8.45. The standard InChI is InChI=1S/C29H26N2O3/c1-20(32)34-27-14-6-12-25-21(10-5-13-26(25)27)15-16-24-19-33-29(31-24)28(22-8-3-2-4-9-22)23-11-7-17-30-18-23/h2-4,6-12,14,17-19,28H,5,13,15-16H2,1H3. The van der Waals surface area contributed by atoms with Gasteiger partial charge in [-0.05, 0) is 60.1 Å². The minimum atomic E-state index is -0.291. The summed E-state index contributed by atoms with van der Waals surface area (Å²) in [5, 5.41) is 0. The number of hydrogen-bond donors (Lipinski definition) is 0. The Bertz CT molecular complexity index is 1270. The molecule has 4 aromatic rings. The number of benzene rings is 2. The van der Waals surface area contributed by atoms with E-state index in [1.807, 2.05) is 42.6 Å². The molecule has 0 radical (unpaired) electrons. The molecule has 0 bridgehead atoms. The lowest BCUT2D eigenvalue weighted by molar-refractivity contribution is -0.131. The first-order valence-electron chi connectivity index (χ1n) is 11.6. The van der Waals surface area contributed by atoms with Crippen molar-refractivity contribution < 1.29 is 13.9 Å². The zero-order chi connectivity index (χ0) is 23.3. The topological polar surface area (TPSA) is 65.2 Å². The average molecular weight is 451 g/mol. The molecule has 1 atom stereocenters. The fourth-order valence-electron chi connectivity index (χ4n) is 4.61. The summed E-state index contributed by atoms with van der Waals surface area (Å²) in [5.41, 5.74) is 6.61. The van der Waals surface area contributed by atoms with Gasteiger partial charge in [-0.2, -0.15) is 0 Å². The maximum absolute atomic E-state index is 11.5. The largest absolute Gasteiger partial charge is 0.448 e. The van der Waals surface area contributed by atoms with Crippen molar-refractivity contribution in [2.45, 2.75) is 38.5 Å². The van der Waals surface area contributed by atoms with Crippen LogP contribution in [-0.2, 0) is 17.6 Å². The van der Waals surface area contributed by atoms with Crippen molar-refractivity contribution in [1.82, 2.24) is 9.97 Å². The summed E-state index contributed by atoms with van der Waals surface area (Å²) in [6, 6.07) is 20.2. The van der Waals surface area contributed by atoms with E-state index >= 15 is 0 Å². The molecule has 0 saturated carbocycles. The molecule has 2 aromatic carbocycles. The molecule has 1 unspecified atom stereocenters. The van der Waals surface area contributed by atoms with Crippen molar-refractivity contribution in [2.75, 3.05) is 0 Å². The van der Waals surface area contributed by atoms with Gasteiger partial charge in [0.25, 0.3) is 0 Å². The molecule has 5 rings (SSSR count). The van der Waals surface area contributed by atoms with E-state index in [-0.39, 0.29) is 11.9 Å². The normalized spacial score (nSPS) is 13.6. The smallest absolute Gasteiger partial charge is 0.308 e. The van der Waals surface area contributed by atoms with Gasteiger partial charge in [-0.3, -0.25) is 9.78 Å². The number of esters is 1. The van der Waals surface area contributed by atoms with Crippen molar-refractivity contribution in [3.63, 3.8) is 0 Å². The maximum atomic E-state index is 11.5. The maximum Gasteiger partial charge on any atom is 0.308 e. The van der Waals surface area contributed by atoms with Gasteiger partial charge in [-0.1, -0.05) is 54.6 Å². The number of rotatable bonds is 7. The van der Waals surface area contributed by atoms with E-state index in [1.165, 1.54) is 12.5 Å². The molecule has 0 spiro atoms. The second-order valence-electron chi connectivity index (χ2n) is 8.45. The summed E-state index contributed by atoms with van der Waals surface area (Å²) in [4.78, 5) is 20.7. The van der Waals surface area contributed by atoms with E-state index in [0.717, 1.165) is 53.6 Å². The van der Waals surface area contributed by atoms with Crippen LogP contribution in [0.15, 0.2) is 89.8 Å². The van der Waals surface area contributed by atoms with Crippen LogP contribution in [-0.4, -0.2) is 15.9 Å². The number of aromatic nitrogens is 2. The zero-order valence-electron chi connectivity index (χ0n) is 19.1. The number of ether oxygens (including phenoxy) is 1. The second kappa shape index (κ2) is 9.87. The summed E-state index contributed by atoms with van der Waals surface area (Å²) >= 11 is 0. The molecule has 0 saturated heterocycles. The summed E-state index contributed by atoms with van der Waals surface area (Å²) in [6.45, 7) is 1.44. The van der Waals surface area contributed by atoms with Gasteiger partial charge in [0.2, 0.25) is 5.89 Å². The highest BCUT2D eigenvalue weighted by Gasteiger charge is 2.23. The SMILES string of the molecule is CC(=O)Oc1cccc2c1CCC=C2CCc1coc(C(c2ccccc2)c2cccnc2)n1. The van der Waals surface area contributed by atoms with Gasteiger partial charge in [-0.15, -0.1) is 0 Å². The number of oxazole rings is 1. The Morgan fingerprint density at radius 2 is 1.88 bits per heavy atom. The van der Waals surface area contributed by atoms with Gasteiger partial charge in [0, 0.05) is 24.9 Å². The van der Waals surface area contributed by atoms with Crippen molar-refractivity contribution >= 4 is 11.5 Å².